The molecule has 10 heteroatoms. The number of benzene rings is 1. The Morgan fingerprint density at radius 3 is 2.61 bits per heavy atom. The van der Waals surface area contributed by atoms with E-state index in [2.05, 4.69) is 25.9 Å². The Hall–Kier alpha value is -3.66. The van der Waals surface area contributed by atoms with Gasteiger partial charge in [-0.2, -0.15) is 0 Å². The van der Waals surface area contributed by atoms with Gasteiger partial charge in [-0.3, -0.25) is 24.2 Å². The van der Waals surface area contributed by atoms with Crippen LogP contribution in [0.3, 0.4) is 0 Å². The molecule has 1 saturated heterocycles. The number of thiazole rings is 1. The van der Waals surface area contributed by atoms with Gasteiger partial charge < -0.3 is 16.0 Å². The summed E-state index contributed by atoms with van der Waals surface area (Å²) in [6.45, 7) is 4.48. The molecule has 1 aromatic carbocycles. The molecule has 1 aliphatic heterocycles. The minimum absolute atomic E-state index is 0.121. The second-order valence-corrected chi connectivity index (χ2v) is 11.1. The van der Waals surface area contributed by atoms with E-state index in [1.165, 1.54) is 11.3 Å². The van der Waals surface area contributed by atoms with Crippen LogP contribution in [0.25, 0.3) is 10.2 Å². The quantitative estimate of drug-likeness (QED) is 0.306. The second-order valence-electron chi connectivity index (χ2n) is 10.0. The number of Topliss-reactive ketones (excluding diaryl/α,β-unsaturated/α-hetero) is 1. The highest BCUT2D eigenvalue weighted by molar-refractivity contribution is 7.20. The highest BCUT2D eigenvalue weighted by Gasteiger charge is 2.34. The van der Waals surface area contributed by atoms with Gasteiger partial charge in [0.2, 0.25) is 23.5 Å². The summed E-state index contributed by atoms with van der Waals surface area (Å²) in [6.07, 6.45) is 5.29. The summed E-state index contributed by atoms with van der Waals surface area (Å²) in [5.74, 6) is -1.39. The van der Waals surface area contributed by atoms with Crippen LogP contribution in [0.1, 0.15) is 54.9 Å². The Balaban J connectivity index is 1.48. The fraction of sp³-hybridized carbons (Fsp3) is 0.429. The Morgan fingerprint density at radius 1 is 1.11 bits per heavy atom. The van der Waals surface area contributed by atoms with Crippen LogP contribution in [0.5, 0.6) is 0 Å². The van der Waals surface area contributed by atoms with Gasteiger partial charge in [0, 0.05) is 31.3 Å². The van der Waals surface area contributed by atoms with E-state index in [1.807, 2.05) is 50.2 Å². The van der Waals surface area contributed by atoms with Crippen LogP contribution in [0.2, 0.25) is 0 Å². The average molecular weight is 536 g/mol. The molecule has 3 heterocycles. The minimum atomic E-state index is -0.932. The molecule has 3 aromatic rings. The molecule has 0 unspecified atom stereocenters. The van der Waals surface area contributed by atoms with E-state index >= 15 is 0 Å². The van der Waals surface area contributed by atoms with Crippen molar-refractivity contribution in [2.75, 3.05) is 6.54 Å². The number of fused-ring (bicyclic) bond motifs is 1. The fourth-order valence-corrected chi connectivity index (χ4v) is 5.52. The van der Waals surface area contributed by atoms with Crippen LogP contribution in [-0.4, -0.2) is 52.1 Å². The summed E-state index contributed by atoms with van der Waals surface area (Å²) >= 11 is 1.27. The van der Waals surface area contributed by atoms with Crippen molar-refractivity contribution >= 4 is 45.1 Å². The number of hydrogen-bond acceptors (Lipinski definition) is 7. The second kappa shape index (κ2) is 12.7. The molecule has 1 aliphatic rings. The summed E-state index contributed by atoms with van der Waals surface area (Å²) < 4.78 is 0.873. The summed E-state index contributed by atoms with van der Waals surface area (Å²) in [6, 6.07) is 9.43. The van der Waals surface area contributed by atoms with Gasteiger partial charge in [0.1, 0.15) is 6.04 Å². The van der Waals surface area contributed by atoms with Gasteiger partial charge in [-0.25, -0.2) is 4.98 Å². The zero-order valence-corrected chi connectivity index (χ0v) is 22.4. The van der Waals surface area contributed by atoms with Gasteiger partial charge in [0.05, 0.1) is 16.3 Å². The van der Waals surface area contributed by atoms with Gasteiger partial charge in [0.15, 0.2) is 5.01 Å². The first kappa shape index (κ1) is 27.4. The van der Waals surface area contributed by atoms with Gasteiger partial charge in [0.25, 0.3) is 0 Å². The number of aryl methyl sites for hydroxylation is 1. The lowest BCUT2D eigenvalue weighted by molar-refractivity contribution is -0.129. The summed E-state index contributed by atoms with van der Waals surface area (Å²) in [7, 11) is 0. The molecule has 2 aromatic heterocycles. The number of rotatable bonds is 12. The molecule has 3 N–H and O–H groups in total. The Labute approximate surface area is 225 Å². The first-order valence-electron chi connectivity index (χ1n) is 13.0. The zero-order valence-electron chi connectivity index (χ0n) is 21.6. The number of nitrogens with zero attached hydrogens (tertiary/aromatic N) is 2. The molecular weight excluding hydrogens is 502 g/mol. The third-order valence-corrected chi connectivity index (χ3v) is 7.59. The first-order chi connectivity index (χ1) is 18.3. The maximum atomic E-state index is 13.6. The minimum Gasteiger partial charge on any atom is -0.356 e. The molecule has 200 valence electrons. The number of carbonyl (C=O) groups is 4. The monoisotopic (exact) mass is 535 g/mol. The fourth-order valence-electron chi connectivity index (χ4n) is 4.56. The molecule has 0 radical (unpaired) electrons. The Morgan fingerprint density at radius 2 is 1.92 bits per heavy atom. The van der Waals surface area contributed by atoms with Crippen molar-refractivity contribution < 1.29 is 19.2 Å². The smallest absolute Gasteiger partial charge is 0.243 e. The van der Waals surface area contributed by atoms with Crippen molar-refractivity contribution in [3.63, 3.8) is 0 Å². The zero-order chi connectivity index (χ0) is 27.1. The van der Waals surface area contributed by atoms with Gasteiger partial charge in [-0.05, 0) is 55.4 Å². The predicted molar refractivity (Wildman–Crippen MR) is 146 cm³/mol. The molecule has 38 heavy (non-hydrogen) atoms. The molecule has 0 aliphatic carbocycles. The molecule has 0 saturated carbocycles. The molecule has 1 fully saturated rings. The van der Waals surface area contributed by atoms with Crippen LogP contribution in [0.4, 0.5) is 0 Å². The number of hydrogen-bond donors (Lipinski definition) is 3. The highest BCUT2D eigenvalue weighted by atomic mass is 32.1. The molecule has 0 spiro atoms. The maximum absolute atomic E-state index is 13.6. The van der Waals surface area contributed by atoms with E-state index in [9.17, 15) is 19.2 Å². The first-order valence-corrected chi connectivity index (χ1v) is 13.8. The van der Waals surface area contributed by atoms with Crippen LogP contribution in [0.15, 0.2) is 48.8 Å². The third-order valence-electron chi connectivity index (χ3n) is 6.54. The number of ketones is 1. The lowest BCUT2D eigenvalue weighted by Crippen LogP contribution is -2.52. The molecular formula is C28H33N5O4S. The van der Waals surface area contributed by atoms with Crippen molar-refractivity contribution in [2.24, 2.45) is 11.8 Å². The molecule has 9 nitrogen and oxygen atoms in total. The standard InChI is InChI=1S/C28H33N5O4S/c1-17(2)14-22(31-24(34)10-9-18-6-5-12-29-16-18)27(37)32-21(15-19-11-13-30-26(19)36)25(35)28-33-20-7-3-4-8-23(20)38-28/h3-8,12,16-17,19,21-22H,9-11,13-15H2,1-2H3,(H,30,36)(H,31,34)(H,32,37)/t19-,21-,22-/m0/s1. The average Bonchev–Trinajstić information content (AvgIpc) is 3.52. The Kier molecular flexibility index (Phi) is 9.17. The van der Waals surface area contributed by atoms with Gasteiger partial charge >= 0.3 is 0 Å². The number of nitrogens with one attached hydrogen (secondary N) is 3. The van der Waals surface area contributed by atoms with E-state index in [4.69, 9.17) is 0 Å². The number of amides is 3. The van der Waals surface area contributed by atoms with Crippen LogP contribution in [-0.2, 0) is 20.8 Å². The summed E-state index contributed by atoms with van der Waals surface area (Å²) in [4.78, 5) is 60.6. The van der Waals surface area contributed by atoms with Crippen molar-refractivity contribution in [1.82, 2.24) is 25.9 Å². The molecule has 4 rings (SSSR count). The number of aromatic nitrogens is 2. The predicted octanol–water partition coefficient (Wildman–Crippen LogP) is 3.05. The van der Waals surface area contributed by atoms with E-state index in [-0.39, 0.29) is 47.3 Å². The maximum Gasteiger partial charge on any atom is 0.243 e. The number of carbonyl (C=O) groups excluding carboxylic acids is 4. The van der Waals surface area contributed by atoms with Crippen molar-refractivity contribution in [3.05, 3.63) is 59.4 Å². The summed E-state index contributed by atoms with van der Waals surface area (Å²) in [5.41, 5.74) is 1.65. The molecule has 0 bridgehead atoms. The van der Waals surface area contributed by atoms with E-state index < -0.39 is 18.0 Å². The van der Waals surface area contributed by atoms with Crippen LogP contribution in [0, 0.1) is 11.8 Å². The van der Waals surface area contributed by atoms with Crippen LogP contribution >= 0.6 is 11.3 Å². The van der Waals surface area contributed by atoms with E-state index in [0.29, 0.717) is 31.3 Å². The topological polar surface area (TPSA) is 130 Å². The Bertz CT molecular complexity index is 1260. The molecule has 3 atom stereocenters. The van der Waals surface area contributed by atoms with Crippen molar-refractivity contribution in [1.29, 1.82) is 0 Å². The number of para-hydroxylation sites is 1. The third kappa shape index (κ3) is 7.22. The van der Waals surface area contributed by atoms with Crippen molar-refractivity contribution in [3.8, 4) is 0 Å². The molecule has 3 amide bonds. The SMILES string of the molecule is CC(C)C[C@H](NC(=O)CCc1cccnc1)C(=O)N[C@@H](C[C@@H]1CCNC1=O)C(=O)c1nc2ccccc2s1. The largest absolute Gasteiger partial charge is 0.356 e. The lowest BCUT2D eigenvalue weighted by Gasteiger charge is -2.24. The van der Waals surface area contributed by atoms with Gasteiger partial charge in [-0.1, -0.05) is 32.0 Å². The number of pyridine rings is 1. The van der Waals surface area contributed by atoms with E-state index in [0.717, 1.165) is 10.3 Å². The highest BCUT2D eigenvalue weighted by Crippen LogP contribution is 2.25. The lowest BCUT2D eigenvalue weighted by atomic mass is 9.95. The van der Waals surface area contributed by atoms with Crippen molar-refractivity contribution in [2.45, 2.75) is 58.0 Å². The normalized spacial score (nSPS) is 16.7. The summed E-state index contributed by atoms with van der Waals surface area (Å²) in [5, 5.41) is 8.80. The van der Waals surface area contributed by atoms with Crippen LogP contribution < -0.4 is 16.0 Å². The van der Waals surface area contributed by atoms with Gasteiger partial charge in [-0.15, -0.1) is 11.3 Å². The van der Waals surface area contributed by atoms with E-state index in [1.54, 1.807) is 12.4 Å².